The standard InChI is InChI=1S/C13H13F3/c14-13(15,16)12-8-4-7-11(9-12)10-5-2-1-3-6-10/h4-5,7-9H,1-3,6H2. The van der Waals surface area contributed by atoms with Crippen LogP contribution in [0.2, 0.25) is 0 Å². The summed E-state index contributed by atoms with van der Waals surface area (Å²) in [5.74, 6) is 0. The Bertz CT molecular complexity index is 402. The molecule has 1 aliphatic carbocycles. The van der Waals surface area contributed by atoms with Crippen LogP contribution in [0.25, 0.3) is 5.57 Å². The summed E-state index contributed by atoms with van der Waals surface area (Å²) in [6.45, 7) is 0. The molecule has 2 rings (SSSR count). The van der Waals surface area contributed by atoms with Gasteiger partial charge in [0, 0.05) is 0 Å². The summed E-state index contributed by atoms with van der Waals surface area (Å²) >= 11 is 0. The number of hydrogen-bond acceptors (Lipinski definition) is 0. The van der Waals surface area contributed by atoms with E-state index in [1.165, 1.54) is 12.1 Å². The molecule has 16 heavy (non-hydrogen) atoms. The van der Waals surface area contributed by atoms with Crippen molar-refractivity contribution in [2.45, 2.75) is 31.9 Å². The largest absolute Gasteiger partial charge is 0.416 e. The first-order chi connectivity index (χ1) is 7.57. The van der Waals surface area contributed by atoms with Gasteiger partial charge in [0.05, 0.1) is 5.56 Å². The molecule has 0 fully saturated rings. The molecule has 0 radical (unpaired) electrons. The summed E-state index contributed by atoms with van der Waals surface area (Å²) < 4.78 is 37.5. The predicted molar refractivity (Wildman–Crippen MR) is 57.9 cm³/mol. The van der Waals surface area contributed by atoms with Crippen LogP contribution < -0.4 is 0 Å². The van der Waals surface area contributed by atoms with Crippen LogP contribution in [-0.2, 0) is 6.18 Å². The smallest absolute Gasteiger partial charge is 0.166 e. The lowest BCUT2D eigenvalue weighted by Gasteiger charge is -2.14. The van der Waals surface area contributed by atoms with Gasteiger partial charge in [-0.15, -0.1) is 0 Å². The van der Waals surface area contributed by atoms with Gasteiger partial charge in [-0.25, -0.2) is 0 Å². The van der Waals surface area contributed by atoms with E-state index in [9.17, 15) is 13.2 Å². The third-order valence-electron chi connectivity index (χ3n) is 2.85. The molecule has 0 saturated heterocycles. The SMILES string of the molecule is FC(F)(F)c1cccc(C2=CCCCC2)c1. The first-order valence-electron chi connectivity index (χ1n) is 5.44. The lowest BCUT2D eigenvalue weighted by Crippen LogP contribution is -2.05. The number of hydrogen-bond donors (Lipinski definition) is 0. The van der Waals surface area contributed by atoms with E-state index < -0.39 is 11.7 Å². The third kappa shape index (κ3) is 2.46. The van der Waals surface area contributed by atoms with Crippen LogP contribution >= 0.6 is 0 Å². The van der Waals surface area contributed by atoms with E-state index in [0.29, 0.717) is 0 Å². The van der Waals surface area contributed by atoms with Crippen molar-refractivity contribution >= 4 is 5.57 Å². The number of alkyl halides is 3. The van der Waals surface area contributed by atoms with Crippen molar-refractivity contribution in [2.75, 3.05) is 0 Å². The van der Waals surface area contributed by atoms with Gasteiger partial charge in [-0.1, -0.05) is 18.2 Å². The quantitative estimate of drug-likeness (QED) is 0.653. The Kier molecular flexibility index (Phi) is 3.03. The molecular weight excluding hydrogens is 213 g/mol. The van der Waals surface area contributed by atoms with Gasteiger partial charge in [0.15, 0.2) is 0 Å². The fourth-order valence-corrected chi connectivity index (χ4v) is 2.00. The van der Waals surface area contributed by atoms with Crippen LogP contribution in [0.5, 0.6) is 0 Å². The maximum absolute atomic E-state index is 12.5. The van der Waals surface area contributed by atoms with Gasteiger partial charge in [0.25, 0.3) is 0 Å². The fraction of sp³-hybridized carbons (Fsp3) is 0.385. The maximum atomic E-state index is 12.5. The maximum Gasteiger partial charge on any atom is 0.416 e. The Labute approximate surface area is 92.8 Å². The van der Waals surface area contributed by atoms with Crippen molar-refractivity contribution in [3.05, 3.63) is 41.5 Å². The van der Waals surface area contributed by atoms with Gasteiger partial charge < -0.3 is 0 Å². The molecule has 1 aromatic rings. The summed E-state index contributed by atoms with van der Waals surface area (Å²) in [5.41, 5.74) is 1.21. The topological polar surface area (TPSA) is 0 Å². The average molecular weight is 226 g/mol. The second kappa shape index (κ2) is 4.32. The summed E-state index contributed by atoms with van der Waals surface area (Å²) in [6.07, 6.45) is 1.89. The zero-order valence-corrected chi connectivity index (χ0v) is 8.85. The van der Waals surface area contributed by atoms with Crippen LogP contribution in [0.3, 0.4) is 0 Å². The van der Waals surface area contributed by atoms with Crippen LogP contribution in [0, 0.1) is 0 Å². The van der Waals surface area contributed by atoms with Gasteiger partial charge in [0.2, 0.25) is 0 Å². The highest BCUT2D eigenvalue weighted by Gasteiger charge is 2.30. The van der Waals surface area contributed by atoms with E-state index in [1.54, 1.807) is 6.07 Å². The highest BCUT2D eigenvalue weighted by molar-refractivity contribution is 5.66. The summed E-state index contributed by atoms with van der Waals surface area (Å²) in [5, 5.41) is 0. The van der Waals surface area contributed by atoms with Crippen LogP contribution in [-0.4, -0.2) is 0 Å². The van der Waals surface area contributed by atoms with Crippen molar-refractivity contribution in [3.8, 4) is 0 Å². The molecular formula is C13H13F3. The number of halogens is 3. The van der Waals surface area contributed by atoms with Crippen LogP contribution in [0.1, 0.15) is 36.8 Å². The van der Waals surface area contributed by atoms with Crippen molar-refractivity contribution in [1.82, 2.24) is 0 Å². The van der Waals surface area contributed by atoms with Gasteiger partial charge in [-0.05, 0) is 49.0 Å². The Balaban J connectivity index is 2.32. The van der Waals surface area contributed by atoms with Gasteiger partial charge in [0.1, 0.15) is 0 Å². The Morgan fingerprint density at radius 3 is 2.50 bits per heavy atom. The zero-order chi connectivity index (χ0) is 11.6. The minimum absolute atomic E-state index is 0.559. The fourth-order valence-electron chi connectivity index (χ4n) is 2.00. The summed E-state index contributed by atoms with van der Waals surface area (Å²) in [7, 11) is 0. The molecule has 0 amide bonds. The molecule has 3 heteroatoms. The molecule has 0 unspecified atom stereocenters. The average Bonchev–Trinajstić information content (AvgIpc) is 2.29. The molecule has 0 aromatic heterocycles. The number of rotatable bonds is 1. The van der Waals surface area contributed by atoms with Gasteiger partial charge >= 0.3 is 6.18 Å². The lowest BCUT2D eigenvalue weighted by atomic mass is 9.93. The van der Waals surface area contributed by atoms with E-state index in [1.807, 2.05) is 0 Å². The third-order valence-corrected chi connectivity index (χ3v) is 2.85. The molecule has 0 nitrogen and oxygen atoms in total. The molecule has 0 atom stereocenters. The second-order valence-corrected chi connectivity index (χ2v) is 4.05. The molecule has 1 aromatic carbocycles. The van der Waals surface area contributed by atoms with Crippen LogP contribution in [0.15, 0.2) is 30.3 Å². The van der Waals surface area contributed by atoms with Crippen molar-refractivity contribution in [3.63, 3.8) is 0 Å². The zero-order valence-electron chi connectivity index (χ0n) is 8.85. The molecule has 86 valence electrons. The van der Waals surface area contributed by atoms with E-state index in [-0.39, 0.29) is 0 Å². The monoisotopic (exact) mass is 226 g/mol. The lowest BCUT2D eigenvalue weighted by molar-refractivity contribution is -0.137. The molecule has 0 heterocycles. The minimum Gasteiger partial charge on any atom is -0.166 e. The molecule has 0 spiro atoms. The van der Waals surface area contributed by atoms with E-state index in [2.05, 4.69) is 6.08 Å². The predicted octanol–water partition coefficient (Wildman–Crippen LogP) is 4.66. The number of allylic oxidation sites excluding steroid dienone is 2. The molecule has 0 aliphatic heterocycles. The Morgan fingerprint density at radius 1 is 1.06 bits per heavy atom. The summed E-state index contributed by atoms with van der Waals surface area (Å²) in [6, 6.07) is 5.60. The van der Waals surface area contributed by atoms with Gasteiger partial charge in [-0.3, -0.25) is 0 Å². The Morgan fingerprint density at radius 2 is 1.88 bits per heavy atom. The van der Waals surface area contributed by atoms with Crippen molar-refractivity contribution in [1.29, 1.82) is 0 Å². The number of benzene rings is 1. The van der Waals surface area contributed by atoms with Crippen LogP contribution in [0.4, 0.5) is 13.2 Å². The summed E-state index contributed by atoms with van der Waals surface area (Å²) in [4.78, 5) is 0. The van der Waals surface area contributed by atoms with Crippen molar-refractivity contribution < 1.29 is 13.2 Å². The molecule has 0 N–H and O–H groups in total. The molecule has 0 bridgehead atoms. The minimum atomic E-state index is -4.24. The highest BCUT2D eigenvalue weighted by Crippen LogP contribution is 2.33. The second-order valence-electron chi connectivity index (χ2n) is 4.05. The first kappa shape index (κ1) is 11.2. The van der Waals surface area contributed by atoms with E-state index in [4.69, 9.17) is 0 Å². The first-order valence-corrected chi connectivity index (χ1v) is 5.44. The van der Waals surface area contributed by atoms with E-state index in [0.717, 1.165) is 42.9 Å². The Hall–Kier alpha value is -1.25. The molecule has 1 aliphatic rings. The van der Waals surface area contributed by atoms with E-state index >= 15 is 0 Å². The normalized spacial score (nSPS) is 17.1. The molecule has 0 saturated carbocycles. The van der Waals surface area contributed by atoms with Gasteiger partial charge in [-0.2, -0.15) is 13.2 Å². The highest BCUT2D eigenvalue weighted by atomic mass is 19.4. The van der Waals surface area contributed by atoms with Crippen molar-refractivity contribution in [2.24, 2.45) is 0 Å².